The Bertz CT molecular complexity index is 1450. The van der Waals surface area contributed by atoms with Crippen LogP contribution in [-0.4, -0.2) is 50.6 Å². The van der Waals surface area contributed by atoms with Gasteiger partial charge in [0, 0.05) is 29.3 Å². The highest BCUT2D eigenvalue weighted by Crippen LogP contribution is 2.35. The van der Waals surface area contributed by atoms with Gasteiger partial charge in [-0.3, -0.25) is 9.20 Å². The lowest BCUT2D eigenvalue weighted by Gasteiger charge is -2.31. The van der Waals surface area contributed by atoms with Crippen LogP contribution in [0.25, 0.3) is 17.0 Å². The van der Waals surface area contributed by atoms with Gasteiger partial charge in [-0.05, 0) is 57.2 Å². The number of ether oxygens (including phenoxy) is 3. The Morgan fingerprint density at radius 1 is 1.11 bits per heavy atom. The van der Waals surface area contributed by atoms with E-state index in [9.17, 15) is 4.79 Å². The Kier molecular flexibility index (Phi) is 6.78. The number of anilines is 1. The van der Waals surface area contributed by atoms with Gasteiger partial charge in [0.05, 0.1) is 37.4 Å². The van der Waals surface area contributed by atoms with Crippen molar-refractivity contribution in [3.8, 4) is 22.9 Å². The van der Waals surface area contributed by atoms with Gasteiger partial charge in [0.15, 0.2) is 10.8 Å². The number of methoxy groups -OCH3 is 2. The van der Waals surface area contributed by atoms with E-state index in [0.717, 1.165) is 22.6 Å². The quantitative estimate of drug-likeness (QED) is 0.348. The van der Waals surface area contributed by atoms with Crippen LogP contribution in [0.1, 0.15) is 32.0 Å². The summed E-state index contributed by atoms with van der Waals surface area (Å²) in [6.07, 6.45) is 0.663. The Hall–Kier alpha value is -3.63. The van der Waals surface area contributed by atoms with E-state index in [1.807, 2.05) is 53.8 Å². The molecule has 1 aliphatic rings. The molecule has 1 amide bonds. The van der Waals surface area contributed by atoms with E-state index in [4.69, 9.17) is 19.2 Å². The average molecular weight is 520 g/mol. The van der Waals surface area contributed by atoms with Crippen molar-refractivity contribution in [2.45, 2.75) is 49.8 Å². The molecular formula is C27H29N5O4S. The lowest BCUT2D eigenvalue weighted by atomic mass is 9.96. The van der Waals surface area contributed by atoms with Crippen molar-refractivity contribution in [2.75, 3.05) is 19.5 Å². The summed E-state index contributed by atoms with van der Waals surface area (Å²) >= 11 is 1.32. The fraction of sp³-hybridized carbons (Fsp3) is 0.333. The largest absolute Gasteiger partial charge is 0.497 e. The van der Waals surface area contributed by atoms with Crippen LogP contribution in [0.5, 0.6) is 11.5 Å². The van der Waals surface area contributed by atoms with E-state index >= 15 is 0 Å². The molecule has 0 saturated heterocycles. The van der Waals surface area contributed by atoms with Crippen molar-refractivity contribution >= 4 is 29.0 Å². The first kappa shape index (κ1) is 25.0. The zero-order chi connectivity index (χ0) is 26.2. The van der Waals surface area contributed by atoms with Crippen LogP contribution in [0, 0.1) is 0 Å². The molecule has 0 saturated carbocycles. The number of nitrogens with zero attached hydrogens (tertiary/aromatic N) is 4. The first-order valence-corrected chi connectivity index (χ1v) is 12.8. The Morgan fingerprint density at radius 3 is 2.59 bits per heavy atom. The molecule has 0 bridgehead atoms. The zero-order valence-electron chi connectivity index (χ0n) is 21.4. The van der Waals surface area contributed by atoms with E-state index in [1.54, 1.807) is 20.3 Å². The van der Waals surface area contributed by atoms with Crippen LogP contribution in [-0.2, 0) is 22.6 Å². The molecule has 0 spiro atoms. The second-order valence-corrected chi connectivity index (χ2v) is 10.7. The number of nitrogens with one attached hydrogen (secondary N) is 1. The molecule has 3 heterocycles. The average Bonchev–Trinajstić information content (AvgIpc) is 3.31. The number of thioether (sulfide) groups is 1. The van der Waals surface area contributed by atoms with Crippen LogP contribution < -0.4 is 14.8 Å². The van der Waals surface area contributed by atoms with Gasteiger partial charge in [-0.25, -0.2) is 4.98 Å². The van der Waals surface area contributed by atoms with Gasteiger partial charge in [0.25, 0.3) is 0 Å². The van der Waals surface area contributed by atoms with E-state index in [0.29, 0.717) is 41.1 Å². The van der Waals surface area contributed by atoms with Crippen molar-refractivity contribution in [2.24, 2.45) is 0 Å². The maximum Gasteiger partial charge on any atom is 0.237 e. The standard InChI is InChI=1S/C27H29N5O4S/c1-16(25(33)28-18-7-6-8-20(13-18)35-5)37-26-31-30-24-21-15-36-27(2,3)14-22(21)29-23(32(24)26)17-9-11-19(34-4)12-10-17/h6-13,16H,14-15H2,1-5H3,(H,28,33). The number of hydrogen-bond donors (Lipinski definition) is 1. The monoisotopic (exact) mass is 519 g/mol. The minimum absolute atomic E-state index is 0.156. The molecular weight excluding hydrogens is 490 g/mol. The van der Waals surface area contributed by atoms with E-state index in [-0.39, 0.29) is 11.5 Å². The molecule has 2 aromatic carbocycles. The minimum Gasteiger partial charge on any atom is -0.497 e. The predicted molar refractivity (Wildman–Crippen MR) is 142 cm³/mol. The van der Waals surface area contributed by atoms with Crippen molar-refractivity contribution in [1.82, 2.24) is 19.6 Å². The SMILES string of the molecule is COc1ccc(-c2nc3c(c4nnc(SC(C)C(=O)Nc5cccc(OC)c5)n24)COC(C)(C)C3)cc1. The number of aromatic nitrogens is 4. The number of carbonyl (C=O) groups excluding carboxylic acids is 1. The third-order valence-corrected chi connectivity index (χ3v) is 7.28. The van der Waals surface area contributed by atoms with Crippen LogP contribution in [0.3, 0.4) is 0 Å². The molecule has 4 aromatic rings. The minimum atomic E-state index is -0.450. The van der Waals surface area contributed by atoms with Crippen molar-refractivity contribution in [3.05, 3.63) is 59.8 Å². The molecule has 9 nitrogen and oxygen atoms in total. The summed E-state index contributed by atoms with van der Waals surface area (Å²) < 4.78 is 18.6. The van der Waals surface area contributed by atoms with Gasteiger partial charge in [-0.1, -0.05) is 17.8 Å². The van der Waals surface area contributed by atoms with Gasteiger partial charge < -0.3 is 19.5 Å². The van der Waals surface area contributed by atoms with Gasteiger partial charge in [0.1, 0.15) is 17.3 Å². The molecule has 192 valence electrons. The van der Waals surface area contributed by atoms with Crippen molar-refractivity contribution in [1.29, 1.82) is 0 Å². The molecule has 0 radical (unpaired) electrons. The second kappa shape index (κ2) is 10.0. The van der Waals surface area contributed by atoms with E-state index in [1.165, 1.54) is 11.8 Å². The molecule has 0 aliphatic carbocycles. The highest BCUT2D eigenvalue weighted by molar-refractivity contribution is 8.00. The Balaban J connectivity index is 1.52. The Morgan fingerprint density at radius 2 is 1.86 bits per heavy atom. The molecule has 37 heavy (non-hydrogen) atoms. The third kappa shape index (κ3) is 5.12. The normalized spacial score (nSPS) is 15.2. The van der Waals surface area contributed by atoms with Gasteiger partial charge in [-0.2, -0.15) is 0 Å². The lowest BCUT2D eigenvalue weighted by molar-refractivity contribution is -0.115. The maximum atomic E-state index is 13.0. The van der Waals surface area contributed by atoms with Crippen LogP contribution in [0.15, 0.2) is 53.7 Å². The summed E-state index contributed by atoms with van der Waals surface area (Å²) in [6.45, 7) is 6.35. The summed E-state index contributed by atoms with van der Waals surface area (Å²) in [5.74, 6) is 1.99. The summed E-state index contributed by atoms with van der Waals surface area (Å²) in [5.41, 5.74) is 3.80. The van der Waals surface area contributed by atoms with E-state index < -0.39 is 5.25 Å². The van der Waals surface area contributed by atoms with Gasteiger partial charge >= 0.3 is 0 Å². The summed E-state index contributed by atoms with van der Waals surface area (Å²) in [4.78, 5) is 18.1. The fourth-order valence-corrected chi connectivity index (χ4v) is 5.06. The lowest BCUT2D eigenvalue weighted by Crippen LogP contribution is -2.33. The maximum absolute atomic E-state index is 13.0. The molecule has 1 N–H and O–H groups in total. The van der Waals surface area contributed by atoms with Gasteiger partial charge in [0.2, 0.25) is 5.91 Å². The van der Waals surface area contributed by atoms with Gasteiger partial charge in [-0.15, -0.1) is 10.2 Å². The molecule has 0 fully saturated rings. The van der Waals surface area contributed by atoms with Crippen LogP contribution in [0.2, 0.25) is 0 Å². The number of rotatable bonds is 7. The second-order valence-electron chi connectivity index (χ2n) is 9.44. The first-order chi connectivity index (χ1) is 17.8. The number of amides is 1. The van der Waals surface area contributed by atoms with E-state index in [2.05, 4.69) is 29.4 Å². The first-order valence-electron chi connectivity index (χ1n) is 11.9. The predicted octanol–water partition coefficient (Wildman–Crippen LogP) is 4.78. The molecule has 1 atom stereocenters. The summed E-state index contributed by atoms with van der Waals surface area (Å²) in [5, 5.41) is 12.1. The highest BCUT2D eigenvalue weighted by Gasteiger charge is 2.31. The van der Waals surface area contributed by atoms with Crippen LogP contribution >= 0.6 is 11.8 Å². The number of benzene rings is 2. The molecule has 2 aromatic heterocycles. The molecule has 1 unspecified atom stereocenters. The van der Waals surface area contributed by atoms with Crippen molar-refractivity contribution in [3.63, 3.8) is 0 Å². The molecule has 10 heteroatoms. The topological polar surface area (TPSA) is 99.9 Å². The number of fused-ring (bicyclic) bond motifs is 3. The Labute approximate surface area is 219 Å². The fourth-order valence-electron chi connectivity index (χ4n) is 4.21. The third-order valence-electron chi connectivity index (χ3n) is 6.24. The van der Waals surface area contributed by atoms with Crippen LogP contribution in [0.4, 0.5) is 5.69 Å². The molecule has 1 aliphatic heterocycles. The highest BCUT2D eigenvalue weighted by atomic mass is 32.2. The summed E-state index contributed by atoms with van der Waals surface area (Å²) in [7, 11) is 3.23. The smallest absolute Gasteiger partial charge is 0.237 e. The number of carbonyl (C=O) groups is 1. The number of hydrogen-bond acceptors (Lipinski definition) is 8. The summed E-state index contributed by atoms with van der Waals surface area (Å²) in [6, 6.07) is 15.0. The molecule has 5 rings (SSSR count). The zero-order valence-corrected chi connectivity index (χ0v) is 22.3. The van der Waals surface area contributed by atoms with Crippen molar-refractivity contribution < 1.29 is 19.0 Å².